The number of piperidine rings is 1. The van der Waals surface area contributed by atoms with Gasteiger partial charge >= 0.3 is 0 Å². The number of hydrogen-bond acceptors (Lipinski definition) is 6. The molecule has 1 saturated heterocycles. The fourth-order valence-electron chi connectivity index (χ4n) is 3.12. The van der Waals surface area contributed by atoms with Gasteiger partial charge in [0.1, 0.15) is 18.5 Å². The summed E-state index contributed by atoms with van der Waals surface area (Å²) in [5.74, 6) is 0.516. The van der Waals surface area contributed by atoms with Gasteiger partial charge < -0.3 is 14.6 Å². The maximum atomic E-state index is 12.6. The molecule has 0 bridgehead atoms. The summed E-state index contributed by atoms with van der Waals surface area (Å²) >= 11 is 0. The smallest absolute Gasteiger partial charge is 0.289 e. The van der Waals surface area contributed by atoms with E-state index < -0.39 is 0 Å². The topological polar surface area (TPSA) is 106 Å². The number of furan rings is 1. The average molecular weight is 366 g/mol. The number of amides is 2. The molecule has 3 aromatic heterocycles. The Bertz CT molecular complexity index is 922. The van der Waals surface area contributed by atoms with Crippen LogP contribution < -0.4 is 5.32 Å². The molecule has 4 rings (SSSR count). The molecular weight excluding hydrogens is 348 g/mol. The number of carbonyl (C=O) groups is 2. The van der Waals surface area contributed by atoms with Crippen LogP contribution in [0.4, 0.5) is 0 Å². The van der Waals surface area contributed by atoms with Crippen LogP contribution in [-0.4, -0.2) is 55.6 Å². The first-order chi connectivity index (χ1) is 13.2. The molecule has 1 aliphatic rings. The van der Waals surface area contributed by atoms with Crippen LogP contribution in [0.3, 0.4) is 0 Å². The van der Waals surface area contributed by atoms with Crippen molar-refractivity contribution in [2.75, 3.05) is 13.1 Å². The van der Waals surface area contributed by atoms with E-state index in [1.54, 1.807) is 39.9 Å². The van der Waals surface area contributed by atoms with Gasteiger partial charge in [0.15, 0.2) is 5.76 Å². The van der Waals surface area contributed by atoms with E-state index in [0.29, 0.717) is 30.2 Å². The lowest BCUT2D eigenvalue weighted by Gasteiger charge is -2.32. The van der Waals surface area contributed by atoms with Crippen molar-refractivity contribution in [1.82, 2.24) is 30.0 Å². The predicted octanol–water partition coefficient (Wildman–Crippen LogP) is 1.29. The van der Waals surface area contributed by atoms with Gasteiger partial charge in [-0.05, 0) is 37.1 Å². The second kappa shape index (κ2) is 7.40. The highest BCUT2D eigenvalue weighted by molar-refractivity contribution is 5.95. The molecule has 9 nitrogen and oxygen atoms in total. The van der Waals surface area contributed by atoms with Crippen LogP contribution in [0.15, 0.2) is 53.8 Å². The molecule has 1 N–H and O–H groups in total. The van der Waals surface area contributed by atoms with Crippen molar-refractivity contribution in [3.63, 3.8) is 0 Å². The van der Waals surface area contributed by atoms with E-state index in [0.717, 1.165) is 12.8 Å². The van der Waals surface area contributed by atoms with Crippen LogP contribution in [0.1, 0.15) is 33.8 Å². The van der Waals surface area contributed by atoms with Gasteiger partial charge in [0.2, 0.25) is 0 Å². The third-order valence-corrected chi connectivity index (χ3v) is 4.47. The normalized spacial score (nSPS) is 16.9. The summed E-state index contributed by atoms with van der Waals surface area (Å²) in [4.78, 5) is 31.0. The first-order valence-corrected chi connectivity index (χ1v) is 8.65. The number of rotatable bonds is 4. The lowest BCUT2D eigenvalue weighted by Crippen LogP contribution is -2.49. The first-order valence-electron chi connectivity index (χ1n) is 8.65. The standard InChI is InChI=1S/C18H18N6O3/c25-17(13-5-6-19-16(9-13)24-11-20-21-12-24)22-14-3-1-7-23(10-14)18(26)15-4-2-8-27-15/h2,4-6,8-9,11-12,14H,1,3,7,10H2,(H,22,25)/t14-/m1/s1. The highest BCUT2D eigenvalue weighted by Crippen LogP contribution is 2.15. The summed E-state index contributed by atoms with van der Waals surface area (Å²) in [6, 6.07) is 6.54. The van der Waals surface area contributed by atoms with E-state index in [2.05, 4.69) is 20.5 Å². The number of likely N-dealkylation sites (tertiary alicyclic amines) is 1. The molecular formula is C18H18N6O3. The number of nitrogens with zero attached hydrogens (tertiary/aromatic N) is 5. The second-order valence-electron chi connectivity index (χ2n) is 6.31. The fourth-order valence-corrected chi connectivity index (χ4v) is 3.12. The van der Waals surface area contributed by atoms with Crippen molar-refractivity contribution in [1.29, 1.82) is 0 Å². The molecule has 1 fully saturated rings. The molecule has 138 valence electrons. The van der Waals surface area contributed by atoms with Crippen molar-refractivity contribution in [3.05, 3.63) is 60.7 Å². The highest BCUT2D eigenvalue weighted by atomic mass is 16.3. The fraction of sp³-hybridized carbons (Fsp3) is 0.278. The molecule has 1 aliphatic heterocycles. The van der Waals surface area contributed by atoms with Crippen LogP contribution >= 0.6 is 0 Å². The summed E-state index contributed by atoms with van der Waals surface area (Å²) in [5, 5.41) is 10.5. The Labute approximate surface area is 155 Å². The zero-order chi connectivity index (χ0) is 18.6. The van der Waals surface area contributed by atoms with E-state index in [4.69, 9.17) is 4.42 Å². The lowest BCUT2D eigenvalue weighted by atomic mass is 10.0. The molecule has 27 heavy (non-hydrogen) atoms. The van der Waals surface area contributed by atoms with Gasteiger partial charge in [0.05, 0.1) is 6.26 Å². The Morgan fingerprint density at radius 2 is 2.07 bits per heavy atom. The van der Waals surface area contributed by atoms with Crippen molar-refractivity contribution in [2.24, 2.45) is 0 Å². The van der Waals surface area contributed by atoms with Gasteiger partial charge in [-0.3, -0.25) is 14.2 Å². The van der Waals surface area contributed by atoms with E-state index in [1.807, 2.05) is 0 Å². The van der Waals surface area contributed by atoms with Crippen molar-refractivity contribution in [3.8, 4) is 5.82 Å². The number of aromatic nitrogens is 4. The molecule has 3 aromatic rings. The largest absolute Gasteiger partial charge is 0.459 e. The first kappa shape index (κ1) is 17.0. The molecule has 0 saturated carbocycles. The van der Waals surface area contributed by atoms with E-state index in [-0.39, 0.29) is 17.9 Å². The molecule has 1 atom stereocenters. The van der Waals surface area contributed by atoms with Crippen LogP contribution in [-0.2, 0) is 0 Å². The molecule has 0 aromatic carbocycles. The zero-order valence-corrected chi connectivity index (χ0v) is 14.5. The van der Waals surface area contributed by atoms with Crippen LogP contribution in [0.25, 0.3) is 5.82 Å². The number of pyridine rings is 1. The van der Waals surface area contributed by atoms with Crippen molar-refractivity contribution < 1.29 is 14.0 Å². The van der Waals surface area contributed by atoms with E-state index >= 15 is 0 Å². The molecule has 2 amide bonds. The van der Waals surface area contributed by atoms with Gasteiger partial charge in [0, 0.05) is 30.9 Å². The molecule has 0 aliphatic carbocycles. The minimum Gasteiger partial charge on any atom is -0.459 e. The number of carbonyl (C=O) groups excluding carboxylic acids is 2. The van der Waals surface area contributed by atoms with Gasteiger partial charge in [-0.25, -0.2) is 4.98 Å². The summed E-state index contributed by atoms with van der Waals surface area (Å²) in [6.07, 6.45) is 7.72. The zero-order valence-electron chi connectivity index (χ0n) is 14.5. The molecule has 4 heterocycles. The maximum absolute atomic E-state index is 12.6. The monoisotopic (exact) mass is 366 g/mol. The molecule has 0 radical (unpaired) electrons. The minimum atomic E-state index is -0.205. The van der Waals surface area contributed by atoms with E-state index in [9.17, 15) is 9.59 Å². The number of nitrogens with one attached hydrogen (secondary N) is 1. The van der Waals surface area contributed by atoms with Crippen molar-refractivity contribution >= 4 is 11.8 Å². The maximum Gasteiger partial charge on any atom is 0.289 e. The Morgan fingerprint density at radius 3 is 2.85 bits per heavy atom. The van der Waals surface area contributed by atoms with Gasteiger partial charge in [-0.2, -0.15) is 0 Å². The third kappa shape index (κ3) is 3.71. The average Bonchev–Trinajstić information content (AvgIpc) is 3.42. The Morgan fingerprint density at radius 1 is 1.22 bits per heavy atom. The number of hydrogen-bond donors (Lipinski definition) is 1. The van der Waals surface area contributed by atoms with Gasteiger partial charge in [0.25, 0.3) is 11.8 Å². The Balaban J connectivity index is 1.42. The second-order valence-corrected chi connectivity index (χ2v) is 6.31. The molecule has 0 spiro atoms. The van der Waals surface area contributed by atoms with Crippen LogP contribution in [0.5, 0.6) is 0 Å². The van der Waals surface area contributed by atoms with Crippen LogP contribution in [0.2, 0.25) is 0 Å². The minimum absolute atomic E-state index is 0.114. The van der Waals surface area contributed by atoms with Crippen molar-refractivity contribution in [2.45, 2.75) is 18.9 Å². The third-order valence-electron chi connectivity index (χ3n) is 4.47. The highest BCUT2D eigenvalue weighted by Gasteiger charge is 2.27. The molecule has 9 heteroatoms. The summed E-state index contributed by atoms with van der Waals surface area (Å²) in [6.45, 7) is 1.10. The lowest BCUT2D eigenvalue weighted by molar-refractivity contribution is 0.0647. The summed E-state index contributed by atoms with van der Waals surface area (Å²) < 4.78 is 6.81. The molecule has 0 unspecified atom stereocenters. The SMILES string of the molecule is O=C(N[C@@H]1CCCN(C(=O)c2ccco2)C1)c1ccnc(-n2cnnc2)c1. The summed E-state index contributed by atoms with van der Waals surface area (Å²) in [5.41, 5.74) is 0.489. The summed E-state index contributed by atoms with van der Waals surface area (Å²) in [7, 11) is 0. The van der Waals surface area contributed by atoms with Crippen LogP contribution in [0, 0.1) is 0 Å². The van der Waals surface area contributed by atoms with Gasteiger partial charge in [-0.15, -0.1) is 10.2 Å². The Kier molecular flexibility index (Phi) is 4.65. The Hall–Kier alpha value is -3.49. The quantitative estimate of drug-likeness (QED) is 0.746. The van der Waals surface area contributed by atoms with E-state index in [1.165, 1.54) is 18.9 Å². The predicted molar refractivity (Wildman–Crippen MR) is 94.3 cm³/mol. The van der Waals surface area contributed by atoms with Gasteiger partial charge in [-0.1, -0.05) is 0 Å².